The van der Waals surface area contributed by atoms with Crippen LogP contribution in [0.25, 0.3) is 0 Å². The van der Waals surface area contributed by atoms with E-state index in [1.807, 2.05) is 17.9 Å². The van der Waals surface area contributed by atoms with Crippen LogP contribution in [0.2, 0.25) is 0 Å². The monoisotopic (exact) mass is 246 g/mol. The Hall–Kier alpha value is -1.69. The smallest absolute Gasteiger partial charge is 0.137 e. The predicted molar refractivity (Wildman–Crippen MR) is 67.0 cm³/mol. The number of nitrogens with one attached hydrogen (secondary N) is 2. The van der Waals surface area contributed by atoms with Crippen LogP contribution in [-0.4, -0.2) is 31.5 Å². The fourth-order valence-corrected chi connectivity index (χ4v) is 2.63. The minimum atomic E-state index is 0.436. The zero-order valence-electron chi connectivity index (χ0n) is 10.6. The first-order valence-electron chi connectivity index (χ1n) is 6.43. The summed E-state index contributed by atoms with van der Waals surface area (Å²) in [5.41, 5.74) is 2.74. The molecule has 0 fully saturated rings. The summed E-state index contributed by atoms with van der Waals surface area (Å²) in [6.45, 7) is 0.911. The lowest BCUT2D eigenvalue weighted by atomic mass is 9.93. The van der Waals surface area contributed by atoms with Gasteiger partial charge in [0.05, 0.1) is 6.20 Å². The van der Waals surface area contributed by atoms with E-state index in [9.17, 15) is 0 Å². The molecule has 6 heteroatoms. The lowest BCUT2D eigenvalue weighted by Gasteiger charge is -2.23. The standard InChI is InChI=1S/C12H18N6/c1-18-11-4-2-3-10(9(11)7-16-18)13-6-5-12-14-8-15-17-12/h7-8,10,13H,2-6H2,1H3,(H,14,15,17). The average Bonchev–Trinajstić information content (AvgIpc) is 3.01. The van der Waals surface area contributed by atoms with E-state index in [0.717, 1.165) is 25.2 Å². The van der Waals surface area contributed by atoms with E-state index < -0.39 is 0 Å². The zero-order chi connectivity index (χ0) is 12.4. The van der Waals surface area contributed by atoms with E-state index >= 15 is 0 Å². The maximum Gasteiger partial charge on any atom is 0.137 e. The molecule has 1 atom stereocenters. The zero-order valence-corrected chi connectivity index (χ0v) is 10.6. The number of aromatic nitrogens is 5. The van der Waals surface area contributed by atoms with Gasteiger partial charge in [-0.15, -0.1) is 0 Å². The van der Waals surface area contributed by atoms with E-state index in [2.05, 4.69) is 25.6 Å². The second kappa shape index (κ2) is 4.89. The number of aromatic amines is 1. The summed E-state index contributed by atoms with van der Waals surface area (Å²) >= 11 is 0. The third kappa shape index (κ3) is 2.15. The van der Waals surface area contributed by atoms with Crippen LogP contribution in [0.1, 0.15) is 36.0 Å². The van der Waals surface area contributed by atoms with Crippen molar-refractivity contribution in [3.8, 4) is 0 Å². The van der Waals surface area contributed by atoms with Gasteiger partial charge in [-0.25, -0.2) is 4.98 Å². The third-order valence-electron chi connectivity index (χ3n) is 3.59. The number of fused-ring (bicyclic) bond motifs is 1. The minimum absolute atomic E-state index is 0.436. The molecule has 96 valence electrons. The Morgan fingerprint density at radius 3 is 3.33 bits per heavy atom. The molecule has 0 aliphatic heterocycles. The molecule has 2 N–H and O–H groups in total. The van der Waals surface area contributed by atoms with Gasteiger partial charge in [0, 0.05) is 37.3 Å². The number of aryl methyl sites for hydroxylation is 1. The van der Waals surface area contributed by atoms with Gasteiger partial charge in [0.1, 0.15) is 12.2 Å². The van der Waals surface area contributed by atoms with Gasteiger partial charge in [0.2, 0.25) is 0 Å². The average molecular weight is 246 g/mol. The molecule has 18 heavy (non-hydrogen) atoms. The van der Waals surface area contributed by atoms with Gasteiger partial charge >= 0.3 is 0 Å². The summed E-state index contributed by atoms with van der Waals surface area (Å²) in [5.74, 6) is 0.935. The Labute approximate surface area is 106 Å². The van der Waals surface area contributed by atoms with Gasteiger partial charge in [-0.05, 0) is 19.3 Å². The van der Waals surface area contributed by atoms with Gasteiger partial charge in [-0.2, -0.15) is 10.2 Å². The first-order valence-corrected chi connectivity index (χ1v) is 6.43. The van der Waals surface area contributed by atoms with E-state index in [1.54, 1.807) is 6.33 Å². The quantitative estimate of drug-likeness (QED) is 0.835. The van der Waals surface area contributed by atoms with Gasteiger partial charge in [-0.1, -0.05) is 0 Å². The molecule has 0 saturated heterocycles. The molecule has 1 unspecified atom stereocenters. The molecule has 0 bridgehead atoms. The summed E-state index contributed by atoms with van der Waals surface area (Å²) in [7, 11) is 2.02. The van der Waals surface area contributed by atoms with E-state index in [-0.39, 0.29) is 0 Å². The van der Waals surface area contributed by atoms with Crippen molar-refractivity contribution in [2.24, 2.45) is 7.05 Å². The second-order valence-corrected chi connectivity index (χ2v) is 4.75. The van der Waals surface area contributed by atoms with Crippen molar-refractivity contribution in [1.29, 1.82) is 0 Å². The molecule has 0 aromatic carbocycles. The van der Waals surface area contributed by atoms with Crippen LogP contribution in [-0.2, 0) is 19.9 Å². The Morgan fingerprint density at radius 1 is 1.56 bits per heavy atom. The summed E-state index contributed by atoms with van der Waals surface area (Å²) in [4.78, 5) is 4.12. The number of nitrogens with zero attached hydrogens (tertiary/aromatic N) is 4. The molecule has 3 rings (SSSR count). The highest BCUT2D eigenvalue weighted by Gasteiger charge is 2.22. The van der Waals surface area contributed by atoms with Crippen LogP contribution in [0.5, 0.6) is 0 Å². The Balaban J connectivity index is 1.60. The second-order valence-electron chi connectivity index (χ2n) is 4.75. The number of rotatable bonds is 4. The number of H-pyrrole nitrogens is 1. The molecule has 2 heterocycles. The van der Waals surface area contributed by atoms with E-state index in [0.29, 0.717) is 6.04 Å². The van der Waals surface area contributed by atoms with Crippen LogP contribution in [0.3, 0.4) is 0 Å². The topological polar surface area (TPSA) is 71.4 Å². The van der Waals surface area contributed by atoms with Crippen LogP contribution in [0, 0.1) is 0 Å². The first-order chi connectivity index (χ1) is 8.84. The molecule has 0 radical (unpaired) electrons. The van der Waals surface area contributed by atoms with Gasteiger partial charge in [-0.3, -0.25) is 9.78 Å². The van der Waals surface area contributed by atoms with E-state index in [4.69, 9.17) is 0 Å². The number of hydrogen-bond donors (Lipinski definition) is 2. The minimum Gasteiger partial charge on any atom is -0.309 e. The van der Waals surface area contributed by atoms with Gasteiger partial charge in [0.25, 0.3) is 0 Å². The molecule has 1 aliphatic rings. The largest absolute Gasteiger partial charge is 0.309 e. The molecular formula is C12H18N6. The Kier molecular flexibility index (Phi) is 3.10. The van der Waals surface area contributed by atoms with Crippen LogP contribution >= 0.6 is 0 Å². The number of hydrogen-bond acceptors (Lipinski definition) is 4. The van der Waals surface area contributed by atoms with Crippen molar-refractivity contribution in [3.63, 3.8) is 0 Å². The van der Waals surface area contributed by atoms with E-state index in [1.165, 1.54) is 24.1 Å². The van der Waals surface area contributed by atoms with Crippen molar-refractivity contribution in [2.45, 2.75) is 31.7 Å². The summed E-state index contributed by atoms with van der Waals surface area (Å²) in [5, 5.41) is 14.7. The fourth-order valence-electron chi connectivity index (χ4n) is 2.63. The van der Waals surface area contributed by atoms with Gasteiger partial charge in [0.15, 0.2) is 0 Å². The SMILES string of the molecule is Cn1ncc2c1CCCC2NCCc1ncn[nH]1. The first kappa shape index (κ1) is 11.4. The van der Waals surface area contributed by atoms with Crippen molar-refractivity contribution < 1.29 is 0 Å². The molecular weight excluding hydrogens is 228 g/mol. The fraction of sp³-hybridized carbons (Fsp3) is 0.583. The lowest BCUT2D eigenvalue weighted by Crippen LogP contribution is -2.27. The van der Waals surface area contributed by atoms with Crippen LogP contribution in [0.15, 0.2) is 12.5 Å². The molecule has 1 aliphatic carbocycles. The maximum atomic E-state index is 4.35. The van der Waals surface area contributed by atoms with Gasteiger partial charge < -0.3 is 5.32 Å². The normalized spacial score (nSPS) is 18.8. The van der Waals surface area contributed by atoms with Crippen molar-refractivity contribution in [3.05, 3.63) is 29.6 Å². The third-order valence-corrected chi connectivity index (χ3v) is 3.59. The van der Waals surface area contributed by atoms with Crippen molar-refractivity contribution in [2.75, 3.05) is 6.54 Å². The highest BCUT2D eigenvalue weighted by atomic mass is 15.3. The van der Waals surface area contributed by atoms with Crippen molar-refractivity contribution in [1.82, 2.24) is 30.3 Å². The molecule has 6 nitrogen and oxygen atoms in total. The molecule has 0 saturated carbocycles. The summed E-state index contributed by atoms with van der Waals surface area (Å²) in [6, 6.07) is 0.436. The predicted octanol–water partition coefficient (Wildman–Crippen LogP) is 0.748. The molecule has 2 aromatic heterocycles. The highest BCUT2D eigenvalue weighted by molar-refractivity contribution is 5.24. The molecule has 0 spiro atoms. The highest BCUT2D eigenvalue weighted by Crippen LogP contribution is 2.28. The summed E-state index contributed by atoms with van der Waals surface area (Å²) < 4.78 is 2.00. The summed E-state index contributed by atoms with van der Waals surface area (Å²) in [6.07, 6.45) is 8.00. The Bertz CT molecular complexity index is 501. The Morgan fingerprint density at radius 2 is 2.50 bits per heavy atom. The van der Waals surface area contributed by atoms with Crippen molar-refractivity contribution >= 4 is 0 Å². The maximum absolute atomic E-state index is 4.35. The molecule has 2 aromatic rings. The lowest BCUT2D eigenvalue weighted by molar-refractivity contribution is 0.453. The molecule has 0 amide bonds. The van der Waals surface area contributed by atoms with Crippen LogP contribution < -0.4 is 5.32 Å². The van der Waals surface area contributed by atoms with Crippen LogP contribution in [0.4, 0.5) is 0 Å².